The molecule has 63 heavy (non-hydrogen) atoms. The Morgan fingerprint density at radius 3 is 2.43 bits per heavy atom. The molecule has 8 rings (SSSR count). The van der Waals surface area contributed by atoms with Crippen LogP contribution in [0.2, 0.25) is 18.6 Å². The van der Waals surface area contributed by atoms with E-state index in [1.54, 1.807) is 47.0 Å². The quantitative estimate of drug-likeness (QED) is 0.0676. The summed E-state index contributed by atoms with van der Waals surface area (Å²) in [6.07, 6.45) is 1.30. The van der Waals surface area contributed by atoms with Gasteiger partial charge in [-0.3, -0.25) is 19.3 Å². The maximum absolute atomic E-state index is 16.8. The highest BCUT2D eigenvalue weighted by Crippen LogP contribution is 2.61. The number of halogens is 1. The van der Waals surface area contributed by atoms with Gasteiger partial charge in [0.1, 0.15) is 11.5 Å². The lowest BCUT2D eigenvalue weighted by Gasteiger charge is -2.37. The van der Waals surface area contributed by atoms with Gasteiger partial charge in [-0.2, -0.15) is 0 Å². The molecule has 0 bridgehead atoms. The smallest absolute Gasteiger partial charge is 0.264 e. The maximum Gasteiger partial charge on any atom is 0.264 e. The summed E-state index contributed by atoms with van der Waals surface area (Å²) in [5.41, 5.74) is 4.04. The minimum absolute atomic E-state index is 0.0836. The Balaban J connectivity index is 1.11. The predicted octanol–water partition coefficient (Wildman–Crippen LogP) is 6.70. The number of unbranched alkanes of at least 4 members (excludes halogenated alkanes) is 1. The molecule has 1 spiro atoms. The van der Waals surface area contributed by atoms with Gasteiger partial charge in [-0.05, 0) is 123 Å². The van der Waals surface area contributed by atoms with Gasteiger partial charge in [0.15, 0.2) is 5.60 Å². The Bertz CT molecular complexity index is 2360. The monoisotopic (exact) mass is 878 g/mol. The van der Waals surface area contributed by atoms with E-state index in [9.17, 15) is 19.8 Å². The molecule has 14 heteroatoms. The number of nitrogens with one attached hydrogen (secondary N) is 1. The number of methoxy groups -OCH3 is 1. The summed E-state index contributed by atoms with van der Waals surface area (Å²) in [4.78, 5) is 49.1. The molecule has 1 saturated heterocycles. The average molecular weight is 879 g/mol. The third-order valence-corrected chi connectivity index (χ3v) is 15.9. The number of nitrogens with zero attached hydrogens (tertiary/aromatic N) is 3. The number of anilines is 3. The Morgan fingerprint density at radius 2 is 1.70 bits per heavy atom. The number of aliphatic hydroxyl groups is 2. The molecule has 4 heterocycles. The van der Waals surface area contributed by atoms with Crippen molar-refractivity contribution in [1.82, 2.24) is 10.2 Å². The van der Waals surface area contributed by atoms with Crippen LogP contribution < -0.4 is 24.6 Å². The fourth-order valence-corrected chi connectivity index (χ4v) is 13.0. The first-order valence-electron chi connectivity index (χ1n) is 22.2. The molecule has 3 N–H and O–H groups in total. The topological polar surface area (TPSA) is 141 Å². The largest absolute Gasteiger partial charge is 0.497 e. The van der Waals surface area contributed by atoms with Crippen LogP contribution in [0.25, 0.3) is 0 Å². The molecule has 4 aromatic carbocycles. The van der Waals surface area contributed by atoms with Gasteiger partial charge in [0.2, 0.25) is 20.2 Å². The normalized spacial score (nSPS) is 24.1. The first-order chi connectivity index (χ1) is 30.3. The minimum atomic E-state index is -3.61. The summed E-state index contributed by atoms with van der Waals surface area (Å²) in [6, 6.07) is 25.7. The Kier molecular flexibility index (Phi) is 12.8. The number of carbonyl (C=O) groups excluding carboxylic acids is 3. The van der Waals surface area contributed by atoms with Crippen molar-refractivity contribution in [3.05, 3.63) is 113 Å². The number of benzene rings is 4. The van der Waals surface area contributed by atoms with Crippen LogP contribution in [0.4, 0.5) is 21.2 Å². The van der Waals surface area contributed by atoms with Crippen LogP contribution in [0.15, 0.2) is 84.9 Å². The first-order valence-corrected chi connectivity index (χ1v) is 25.2. The van der Waals surface area contributed by atoms with Gasteiger partial charge in [0, 0.05) is 35.9 Å². The van der Waals surface area contributed by atoms with Crippen LogP contribution in [0.1, 0.15) is 60.9 Å². The summed E-state index contributed by atoms with van der Waals surface area (Å²) in [6.45, 7) is 8.43. The van der Waals surface area contributed by atoms with Gasteiger partial charge < -0.3 is 43.6 Å². The number of fused-ring (bicyclic) bond motifs is 4. The summed E-state index contributed by atoms with van der Waals surface area (Å²) in [7, 11) is -2.06. The van der Waals surface area contributed by atoms with E-state index >= 15 is 8.90 Å². The van der Waals surface area contributed by atoms with Crippen molar-refractivity contribution in [2.24, 2.45) is 5.92 Å². The van der Waals surface area contributed by atoms with Crippen molar-refractivity contribution >= 4 is 43.2 Å². The summed E-state index contributed by atoms with van der Waals surface area (Å²) >= 11 is 0. The number of amides is 3. The molecule has 1 unspecified atom stereocenters. The van der Waals surface area contributed by atoms with E-state index in [1.807, 2.05) is 86.6 Å². The van der Waals surface area contributed by atoms with Crippen molar-refractivity contribution in [2.75, 3.05) is 43.3 Å². The van der Waals surface area contributed by atoms with Gasteiger partial charge >= 0.3 is 0 Å². The van der Waals surface area contributed by atoms with Crippen LogP contribution in [-0.2, 0) is 50.7 Å². The highest BCUT2D eigenvalue weighted by molar-refractivity contribution is 6.72. The van der Waals surface area contributed by atoms with Crippen molar-refractivity contribution in [1.29, 1.82) is 0 Å². The van der Waals surface area contributed by atoms with Gasteiger partial charge in [-0.1, -0.05) is 43.3 Å². The second-order valence-electron chi connectivity index (χ2n) is 17.8. The van der Waals surface area contributed by atoms with E-state index in [4.69, 9.17) is 14.2 Å². The van der Waals surface area contributed by atoms with Crippen molar-refractivity contribution in [3.8, 4) is 11.5 Å². The van der Waals surface area contributed by atoms with Gasteiger partial charge in [0.25, 0.3) is 5.91 Å². The second kappa shape index (κ2) is 18.2. The SMILES string of the molecule is CCOc1ccc2c(c1)CC(NCCCCO)C(=O)N2c1cccc(CN2C(=O)[C@@]3(O[C@@H](CC(=O)N4Cc5ccccc5C[C@H]4CO)[C@H]([Si](C)(C)F)[C@H]3C)c3cc(OC)ccc32)c1. The third kappa shape index (κ3) is 8.27. The second-order valence-corrected chi connectivity index (χ2v) is 21.6. The van der Waals surface area contributed by atoms with Gasteiger partial charge in [-0.25, -0.2) is 0 Å². The molecule has 4 aromatic rings. The summed E-state index contributed by atoms with van der Waals surface area (Å²) in [5.74, 6) is -0.122. The zero-order chi connectivity index (χ0) is 44.6. The van der Waals surface area contributed by atoms with Crippen LogP contribution in [0.3, 0.4) is 0 Å². The van der Waals surface area contributed by atoms with E-state index < -0.39 is 43.7 Å². The van der Waals surface area contributed by atoms with E-state index in [-0.39, 0.29) is 43.9 Å². The molecule has 0 saturated carbocycles. The molecular weight excluding hydrogens is 820 g/mol. The zero-order valence-electron chi connectivity index (χ0n) is 36.8. The van der Waals surface area contributed by atoms with E-state index in [0.717, 1.165) is 40.1 Å². The minimum Gasteiger partial charge on any atom is -0.497 e. The average Bonchev–Trinajstić information content (AvgIpc) is 3.70. The lowest BCUT2D eigenvalue weighted by molar-refractivity contribution is -0.151. The molecule has 0 radical (unpaired) electrons. The first kappa shape index (κ1) is 44.5. The van der Waals surface area contributed by atoms with Gasteiger partial charge in [-0.15, -0.1) is 0 Å². The van der Waals surface area contributed by atoms with Crippen molar-refractivity contribution in [3.63, 3.8) is 0 Å². The molecule has 0 aromatic heterocycles. The van der Waals surface area contributed by atoms with E-state index in [1.165, 1.54) is 0 Å². The third-order valence-electron chi connectivity index (χ3n) is 13.5. The molecule has 1 fully saturated rings. The molecule has 4 aliphatic rings. The molecule has 0 aliphatic carbocycles. The van der Waals surface area contributed by atoms with Crippen LogP contribution in [0, 0.1) is 5.92 Å². The molecular formula is C49H59FN4O8Si. The van der Waals surface area contributed by atoms with Crippen molar-refractivity contribution in [2.45, 2.75) is 101 Å². The van der Waals surface area contributed by atoms with Crippen LogP contribution >= 0.6 is 0 Å². The zero-order valence-corrected chi connectivity index (χ0v) is 37.8. The van der Waals surface area contributed by atoms with Crippen LogP contribution in [-0.4, -0.2) is 92.9 Å². The number of hydrogen-bond acceptors (Lipinski definition) is 9. The fourth-order valence-electron chi connectivity index (χ4n) is 10.5. The van der Waals surface area contributed by atoms with Crippen LogP contribution in [0.5, 0.6) is 11.5 Å². The standard InChI is InChI=1S/C49H59FN4O8Si/c1-6-61-39-17-18-42-35(24-39)25-41(51-20-9-10-21-55)47(58)54(42)36-15-11-12-32(22-36)28-53-43-19-16-38(60-3)26-40(43)49(48(53)59)31(2)46(63(4,5)50)44(62-49)27-45(57)52-29-34-14-8-7-13-33(34)23-37(52)30-56/h7-8,11-19,22,24,26,31,37,41,44,46,51,55-56H,6,9-10,20-21,23,25,27-30H2,1-5H3/t31-,37+,41?,44+,46-,49+/m1/s1. The lowest BCUT2D eigenvalue weighted by Crippen LogP contribution is -2.49. The highest BCUT2D eigenvalue weighted by atomic mass is 28.4. The Hall–Kier alpha value is -5.12. The summed E-state index contributed by atoms with van der Waals surface area (Å²) < 4.78 is 35.3. The number of ether oxygens (including phenoxy) is 3. The Labute approximate surface area is 370 Å². The van der Waals surface area contributed by atoms with Crippen molar-refractivity contribution < 1.29 is 42.9 Å². The Morgan fingerprint density at radius 1 is 0.937 bits per heavy atom. The molecule has 3 amide bonds. The van der Waals surface area contributed by atoms with E-state index in [0.29, 0.717) is 61.6 Å². The lowest BCUT2D eigenvalue weighted by atomic mass is 9.82. The maximum atomic E-state index is 16.8. The fraction of sp³-hybridized carbons (Fsp3) is 0.449. The number of carbonyl (C=O) groups is 3. The van der Waals surface area contributed by atoms with Gasteiger partial charge in [0.05, 0.1) is 62.9 Å². The number of hydrogen-bond donors (Lipinski definition) is 3. The molecule has 334 valence electrons. The van der Waals surface area contributed by atoms with E-state index in [2.05, 4.69) is 5.32 Å². The predicted molar refractivity (Wildman–Crippen MR) is 241 cm³/mol. The number of aliphatic hydroxyl groups excluding tert-OH is 2. The molecule has 12 nitrogen and oxygen atoms in total. The number of rotatable bonds is 15. The molecule has 6 atom stereocenters. The molecule has 4 aliphatic heterocycles. The highest BCUT2D eigenvalue weighted by Gasteiger charge is 2.67. The summed E-state index contributed by atoms with van der Waals surface area (Å²) in [5, 5.41) is 23.1.